The van der Waals surface area contributed by atoms with E-state index >= 15 is 0 Å². The molecule has 0 aliphatic heterocycles. The average Bonchev–Trinajstić information content (AvgIpc) is 3.42. The Morgan fingerprint density at radius 1 is 0.676 bits per heavy atom. The van der Waals surface area contributed by atoms with Gasteiger partial charge in [0, 0.05) is 16.7 Å². The Morgan fingerprint density at radius 2 is 1.12 bits per heavy atom. The van der Waals surface area contributed by atoms with Gasteiger partial charge in [0.1, 0.15) is 5.01 Å². The van der Waals surface area contributed by atoms with Gasteiger partial charge in [-0.2, -0.15) is 0 Å². The van der Waals surface area contributed by atoms with Crippen molar-refractivity contribution in [3.63, 3.8) is 0 Å². The molecule has 0 aliphatic rings. The SMILES string of the molecule is N[C@@H](CSC(c1ccccc1)(c1ccccc1)c1ccccc1)c1nc(-c2ccccc2)cs1. The Morgan fingerprint density at radius 3 is 1.59 bits per heavy atom. The molecule has 2 nitrogen and oxygen atoms in total. The standard InChI is InChI=1S/C30H26N2S2/c31-27(29-32-28(22-33-29)23-13-5-1-6-14-23)21-34-30(24-15-7-2-8-16-24,25-17-9-3-10-18-25)26-19-11-4-12-20-26/h1-20,22,27H,21,31H2/t27-/m0/s1. The summed E-state index contributed by atoms with van der Waals surface area (Å²) in [6, 6.07) is 42.3. The molecular weight excluding hydrogens is 452 g/mol. The van der Waals surface area contributed by atoms with Gasteiger partial charge in [0.15, 0.2) is 0 Å². The summed E-state index contributed by atoms with van der Waals surface area (Å²) in [5.41, 5.74) is 12.6. The normalized spacial score (nSPS) is 12.4. The van der Waals surface area contributed by atoms with E-state index < -0.39 is 0 Å². The van der Waals surface area contributed by atoms with Crippen LogP contribution in [0.4, 0.5) is 0 Å². The smallest absolute Gasteiger partial charge is 0.111 e. The van der Waals surface area contributed by atoms with Crippen LogP contribution in [-0.2, 0) is 4.75 Å². The first-order chi connectivity index (χ1) is 16.8. The van der Waals surface area contributed by atoms with Gasteiger partial charge in [-0.1, -0.05) is 121 Å². The lowest BCUT2D eigenvalue weighted by molar-refractivity contribution is 0.807. The molecule has 0 bridgehead atoms. The van der Waals surface area contributed by atoms with Gasteiger partial charge in [-0.05, 0) is 16.7 Å². The summed E-state index contributed by atoms with van der Waals surface area (Å²) >= 11 is 3.52. The molecule has 4 heteroatoms. The van der Waals surface area contributed by atoms with Crippen molar-refractivity contribution in [1.82, 2.24) is 4.98 Å². The third-order valence-electron chi connectivity index (χ3n) is 5.93. The fraction of sp³-hybridized carbons (Fsp3) is 0.100. The number of aromatic nitrogens is 1. The molecule has 0 spiro atoms. The van der Waals surface area contributed by atoms with E-state index in [2.05, 4.69) is 109 Å². The van der Waals surface area contributed by atoms with E-state index in [-0.39, 0.29) is 10.8 Å². The van der Waals surface area contributed by atoms with Gasteiger partial charge < -0.3 is 5.73 Å². The Hall–Kier alpha value is -3.18. The highest BCUT2D eigenvalue weighted by atomic mass is 32.2. The maximum atomic E-state index is 6.75. The first kappa shape index (κ1) is 22.6. The Labute approximate surface area is 209 Å². The fourth-order valence-corrected chi connectivity index (χ4v) is 6.69. The summed E-state index contributed by atoms with van der Waals surface area (Å²) in [5.74, 6) is 0.737. The monoisotopic (exact) mass is 478 g/mol. The largest absolute Gasteiger partial charge is 0.321 e. The zero-order valence-corrected chi connectivity index (χ0v) is 20.4. The minimum absolute atomic E-state index is 0.164. The van der Waals surface area contributed by atoms with E-state index in [4.69, 9.17) is 10.7 Å². The molecule has 0 aliphatic carbocycles. The second-order valence-electron chi connectivity index (χ2n) is 8.13. The van der Waals surface area contributed by atoms with Crippen molar-refractivity contribution in [2.24, 2.45) is 5.73 Å². The van der Waals surface area contributed by atoms with Crippen molar-refractivity contribution < 1.29 is 0 Å². The number of nitrogens with two attached hydrogens (primary N) is 1. The highest BCUT2D eigenvalue weighted by molar-refractivity contribution is 8.00. The molecule has 0 fully saturated rings. The third kappa shape index (κ3) is 4.58. The van der Waals surface area contributed by atoms with E-state index in [0.717, 1.165) is 22.0 Å². The number of benzene rings is 4. The van der Waals surface area contributed by atoms with Crippen molar-refractivity contribution in [3.05, 3.63) is 148 Å². The number of thiazole rings is 1. The summed E-state index contributed by atoms with van der Waals surface area (Å²) in [6.45, 7) is 0. The van der Waals surface area contributed by atoms with Crippen LogP contribution in [0.15, 0.2) is 127 Å². The third-order valence-corrected chi connectivity index (χ3v) is 8.57. The van der Waals surface area contributed by atoms with Crippen molar-refractivity contribution in [3.8, 4) is 11.3 Å². The number of rotatable bonds is 8. The summed E-state index contributed by atoms with van der Waals surface area (Å²) < 4.78 is -0.374. The Kier molecular flexibility index (Phi) is 6.91. The second-order valence-corrected chi connectivity index (χ2v) is 10.3. The van der Waals surface area contributed by atoms with Crippen LogP contribution in [0.2, 0.25) is 0 Å². The molecule has 0 radical (unpaired) electrons. The van der Waals surface area contributed by atoms with Gasteiger partial charge in [0.05, 0.1) is 16.5 Å². The number of hydrogen-bond donors (Lipinski definition) is 1. The highest BCUT2D eigenvalue weighted by Crippen LogP contribution is 2.49. The number of thioether (sulfide) groups is 1. The van der Waals surface area contributed by atoms with E-state index in [1.807, 2.05) is 30.0 Å². The predicted molar refractivity (Wildman–Crippen MR) is 146 cm³/mol. The van der Waals surface area contributed by atoms with Crippen LogP contribution in [0.25, 0.3) is 11.3 Å². The van der Waals surface area contributed by atoms with Crippen molar-refractivity contribution in [2.45, 2.75) is 10.8 Å². The van der Waals surface area contributed by atoms with Gasteiger partial charge in [-0.25, -0.2) is 4.98 Å². The first-order valence-corrected chi connectivity index (χ1v) is 13.2. The maximum absolute atomic E-state index is 6.75. The van der Waals surface area contributed by atoms with Crippen molar-refractivity contribution >= 4 is 23.1 Å². The number of nitrogens with zero attached hydrogens (tertiary/aromatic N) is 1. The molecule has 2 N–H and O–H groups in total. The molecule has 0 unspecified atom stereocenters. The molecule has 5 rings (SSSR count). The van der Waals surface area contributed by atoms with E-state index in [9.17, 15) is 0 Å². The molecule has 0 saturated carbocycles. The Bertz CT molecular complexity index is 1210. The fourth-order valence-electron chi connectivity index (χ4n) is 4.25. The molecule has 5 aromatic rings. The lowest BCUT2D eigenvalue weighted by Gasteiger charge is -2.36. The number of hydrogen-bond acceptors (Lipinski definition) is 4. The van der Waals surface area contributed by atoms with Gasteiger partial charge in [-0.3, -0.25) is 0 Å². The molecular formula is C30H26N2S2. The lowest BCUT2D eigenvalue weighted by Crippen LogP contribution is -2.28. The van der Waals surface area contributed by atoms with Crippen LogP contribution in [-0.4, -0.2) is 10.7 Å². The molecule has 1 aromatic heterocycles. The van der Waals surface area contributed by atoms with Crippen LogP contribution < -0.4 is 5.73 Å². The highest BCUT2D eigenvalue weighted by Gasteiger charge is 2.37. The van der Waals surface area contributed by atoms with Gasteiger partial charge in [0.2, 0.25) is 0 Å². The molecule has 1 heterocycles. The summed E-state index contributed by atoms with van der Waals surface area (Å²) in [5, 5.41) is 3.07. The van der Waals surface area contributed by atoms with Gasteiger partial charge in [0.25, 0.3) is 0 Å². The van der Waals surface area contributed by atoms with Crippen LogP contribution in [0.3, 0.4) is 0 Å². The van der Waals surface area contributed by atoms with Crippen LogP contribution in [0.1, 0.15) is 27.7 Å². The minimum atomic E-state index is -0.374. The van der Waals surface area contributed by atoms with Crippen molar-refractivity contribution in [2.75, 3.05) is 5.75 Å². The van der Waals surface area contributed by atoms with Crippen molar-refractivity contribution in [1.29, 1.82) is 0 Å². The van der Waals surface area contributed by atoms with Crippen LogP contribution in [0, 0.1) is 0 Å². The van der Waals surface area contributed by atoms with E-state index in [0.29, 0.717) is 0 Å². The molecule has 0 amide bonds. The molecule has 4 aromatic carbocycles. The predicted octanol–water partition coefficient (Wildman–Crippen LogP) is 7.54. The minimum Gasteiger partial charge on any atom is -0.321 e. The topological polar surface area (TPSA) is 38.9 Å². The van der Waals surface area contributed by atoms with Gasteiger partial charge >= 0.3 is 0 Å². The summed E-state index contributed by atoms with van der Waals surface area (Å²) in [4.78, 5) is 4.88. The molecule has 1 atom stereocenters. The lowest BCUT2D eigenvalue weighted by atomic mass is 9.84. The molecule has 34 heavy (non-hydrogen) atoms. The van der Waals surface area contributed by atoms with Crippen LogP contribution in [0.5, 0.6) is 0 Å². The summed E-state index contributed by atoms with van der Waals surface area (Å²) in [7, 11) is 0. The van der Waals surface area contributed by atoms with E-state index in [1.54, 1.807) is 11.3 Å². The molecule has 168 valence electrons. The average molecular weight is 479 g/mol. The quantitative estimate of drug-likeness (QED) is 0.234. The summed E-state index contributed by atoms with van der Waals surface area (Å²) in [6.07, 6.45) is 0. The zero-order valence-electron chi connectivity index (χ0n) is 18.7. The Balaban J connectivity index is 1.51. The molecule has 0 saturated heterocycles. The van der Waals surface area contributed by atoms with Crippen LogP contribution >= 0.6 is 23.1 Å². The maximum Gasteiger partial charge on any atom is 0.111 e. The van der Waals surface area contributed by atoms with Gasteiger partial charge in [-0.15, -0.1) is 23.1 Å². The van der Waals surface area contributed by atoms with E-state index in [1.165, 1.54) is 16.7 Å². The first-order valence-electron chi connectivity index (χ1n) is 11.3. The zero-order chi connectivity index (χ0) is 23.2. The second kappa shape index (κ2) is 10.4.